The van der Waals surface area contributed by atoms with Crippen molar-refractivity contribution in [3.05, 3.63) is 18.2 Å². The fourth-order valence-electron chi connectivity index (χ4n) is 1.34. The van der Waals surface area contributed by atoms with Crippen LogP contribution in [0.25, 0.3) is 0 Å². The third-order valence-corrected chi connectivity index (χ3v) is 3.70. The maximum Gasteiger partial charge on any atom is 0.211 e. The summed E-state index contributed by atoms with van der Waals surface area (Å²) >= 11 is 0. The molecule has 1 aromatic heterocycles. The van der Waals surface area contributed by atoms with E-state index in [2.05, 4.69) is 9.71 Å². The Morgan fingerprint density at radius 3 is 2.81 bits per heavy atom. The second kappa shape index (κ2) is 6.00. The summed E-state index contributed by atoms with van der Waals surface area (Å²) in [5.41, 5.74) is 0.903. The van der Waals surface area contributed by atoms with E-state index in [4.69, 9.17) is 0 Å². The molecule has 0 aliphatic carbocycles. The number of unbranched alkanes of at least 4 members (excludes halogenated alkanes) is 1. The van der Waals surface area contributed by atoms with Crippen molar-refractivity contribution >= 4 is 10.0 Å². The molecule has 0 atom stereocenters. The van der Waals surface area contributed by atoms with Crippen LogP contribution in [0.1, 0.15) is 25.5 Å². The molecule has 5 nitrogen and oxygen atoms in total. The van der Waals surface area contributed by atoms with Crippen LogP contribution >= 0.6 is 0 Å². The second-order valence-corrected chi connectivity index (χ2v) is 5.77. The number of aromatic nitrogens is 2. The molecule has 0 saturated heterocycles. The highest BCUT2D eigenvalue weighted by molar-refractivity contribution is 7.89. The Morgan fingerprint density at radius 1 is 1.50 bits per heavy atom. The first-order chi connectivity index (χ1) is 7.53. The standard InChI is InChI=1S/C10H19N3O2S/c1-3-4-7-16(14,15)12-6-5-10-8-13(2)9-11-10/h8-9,12H,3-7H2,1-2H3. The summed E-state index contributed by atoms with van der Waals surface area (Å²) in [6, 6.07) is 0. The Labute approximate surface area is 96.9 Å². The molecule has 0 radical (unpaired) electrons. The molecule has 0 aliphatic rings. The molecule has 16 heavy (non-hydrogen) atoms. The monoisotopic (exact) mass is 245 g/mol. The lowest BCUT2D eigenvalue weighted by atomic mass is 10.3. The summed E-state index contributed by atoms with van der Waals surface area (Å²) in [5, 5.41) is 0. The molecule has 0 bridgehead atoms. The van der Waals surface area contributed by atoms with Gasteiger partial charge in [-0.2, -0.15) is 0 Å². The van der Waals surface area contributed by atoms with Crippen LogP contribution in [0.3, 0.4) is 0 Å². The minimum absolute atomic E-state index is 0.214. The van der Waals surface area contributed by atoms with Crippen molar-refractivity contribution in [1.29, 1.82) is 0 Å². The van der Waals surface area contributed by atoms with Gasteiger partial charge in [0.1, 0.15) is 0 Å². The lowest BCUT2D eigenvalue weighted by Gasteiger charge is -2.04. The minimum Gasteiger partial charge on any atom is -0.340 e. The molecule has 0 saturated carbocycles. The second-order valence-electron chi connectivity index (χ2n) is 3.85. The minimum atomic E-state index is -3.09. The zero-order valence-electron chi connectivity index (χ0n) is 9.81. The number of nitrogens with zero attached hydrogens (tertiary/aromatic N) is 2. The first kappa shape index (κ1) is 13.2. The molecule has 0 aliphatic heterocycles. The van der Waals surface area contributed by atoms with Crippen LogP contribution in [0.2, 0.25) is 0 Å². The van der Waals surface area contributed by atoms with E-state index < -0.39 is 10.0 Å². The molecule has 92 valence electrons. The van der Waals surface area contributed by atoms with E-state index in [1.165, 1.54) is 0 Å². The maximum atomic E-state index is 11.4. The molecule has 0 amide bonds. The normalized spacial score (nSPS) is 11.9. The number of rotatable bonds is 7. The van der Waals surface area contributed by atoms with E-state index in [0.717, 1.165) is 12.1 Å². The summed E-state index contributed by atoms with van der Waals surface area (Å²) < 4.78 is 27.3. The van der Waals surface area contributed by atoms with E-state index >= 15 is 0 Å². The van der Waals surface area contributed by atoms with Crippen molar-refractivity contribution in [2.75, 3.05) is 12.3 Å². The first-order valence-corrected chi connectivity index (χ1v) is 7.13. The largest absolute Gasteiger partial charge is 0.340 e. The van der Waals surface area contributed by atoms with Crippen molar-refractivity contribution in [1.82, 2.24) is 14.3 Å². The fourth-order valence-corrected chi connectivity index (χ4v) is 2.56. The molecule has 0 unspecified atom stereocenters. The van der Waals surface area contributed by atoms with E-state index in [1.54, 1.807) is 6.33 Å². The van der Waals surface area contributed by atoms with Gasteiger partial charge in [0.2, 0.25) is 10.0 Å². The summed E-state index contributed by atoms with van der Waals surface area (Å²) in [5.74, 6) is 0.214. The van der Waals surface area contributed by atoms with Gasteiger partial charge in [-0.25, -0.2) is 18.1 Å². The van der Waals surface area contributed by atoms with Gasteiger partial charge >= 0.3 is 0 Å². The molecule has 0 fully saturated rings. The molecule has 0 aromatic carbocycles. The van der Waals surface area contributed by atoms with Crippen molar-refractivity contribution in [3.63, 3.8) is 0 Å². The number of hydrogen-bond acceptors (Lipinski definition) is 3. The molecule has 1 rings (SSSR count). The van der Waals surface area contributed by atoms with Gasteiger partial charge in [-0.1, -0.05) is 13.3 Å². The zero-order chi connectivity index (χ0) is 12.0. The third kappa shape index (κ3) is 4.76. The van der Waals surface area contributed by atoms with Gasteiger partial charge in [0.15, 0.2) is 0 Å². The molecule has 1 aromatic rings. The zero-order valence-corrected chi connectivity index (χ0v) is 10.6. The first-order valence-electron chi connectivity index (χ1n) is 5.47. The topological polar surface area (TPSA) is 64.0 Å². The Kier molecular flexibility index (Phi) is 4.95. The van der Waals surface area contributed by atoms with Crippen LogP contribution in [0.4, 0.5) is 0 Å². The van der Waals surface area contributed by atoms with Gasteiger partial charge in [-0.15, -0.1) is 0 Å². The fraction of sp³-hybridized carbons (Fsp3) is 0.700. The highest BCUT2D eigenvalue weighted by Gasteiger charge is 2.08. The van der Waals surface area contributed by atoms with E-state index in [1.807, 2.05) is 24.7 Å². The highest BCUT2D eigenvalue weighted by Crippen LogP contribution is 1.96. The summed E-state index contributed by atoms with van der Waals surface area (Å²) in [7, 11) is -1.20. The molecular formula is C10H19N3O2S. The lowest BCUT2D eigenvalue weighted by molar-refractivity contribution is 0.578. The van der Waals surface area contributed by atoms with E-state index in [-0.39, 0.29) is 5.75 Å². The predicted molar refractivity (Wildman–Crippen MR) is 63.6 cm³/mol. The van der Waals surface area contributed by atoms with Gasteiger partial charge in [-0.05, 0) is 6.42 Å². The van der Waals surface area contributed by atoms with Crippen LogP contribution < -0.4 is 4.72 Å². The maximum absolute atomic E-state index is 11.4. The Balaban J connectivity index is 2.29. The average molecular weight is 245 g/mol. The number of sulfonamides is 1. The van der Waals surface area contributed by atoms with E-state index in [9.17, 15) is 8.42 Å². The van der Waals surface area contributed by atoms with Crippen LogP contribution in [0.15, 0.2) is 12.5 Å². The lowest BCUT2D eigenvalue weighted by Crippen LogP contribution is -2.28. The number of hydrogen-bond donors (Lipinski definition) is 1. The van der Waals surface area contributed by atoms with Crippen molar-refractivity contribution in [2.24, 2.45) is 7.05 Å². The molecule has 1 heterocycles. The predicted octanol–water partition coefficient (Wildman–Crippen LogP) is 0.682. The van der Waals surface area contributed by atoms with Crippen molar-refractivity contribution < 1.29 is 8.42 Å². The van der Waals surface area contributed by atoms with Crippen LogP contribution in [-0.4, -0.2) is 30.3 Å². The van der Waals surface area contributed by atoms with Crippen LogP contribution in [0.5, 0.6) is 0 Å². The van der Waals surface area contributed by atoms with E-state index in [0.29, 0.717) is 19.4 Å². The summed E-state index contributed by atoms with van der Waals surface area (Å²) in [6.45, 7) is 2.40. The highest BCUT2D eigenvalue weighted by atomic mass is 32.2. The van der Waals surface area contributed by atoms with Gasteiger partial charge in [0.25, 0.3) is 0 Å². The Bertz CT molecular complexity index is 411. The van der Waals surface area contributed by atoms with Crippen molar-refractivity contribution in [3.8, 4) is 0 Å². The summed E-state index contributed by atoms with van der Waals surface area (Å²) in [4.78, 5) is 4.13. The van der Waals surface area contributed by atoms with Crippen molar-refractivity contribution in [2.45, 2.75) is 26.2 Å². The van der Waals surface area contributed by atoms with Gasteiger partial charge in [0, 0.05) is 26.2 Å². The Morgan fingerprint density at radius 2 is 2.25 bits per heavy atom. The van der Waals surface area contributed by atoms with Gasteiger partial charge < -0.3 is 4.57 Å². The number of imidazole rings is 1. The van der Waals surface area contributed by atoms with Crippen LogP contribution in [0, 0.1) is 0 Å². The Hall–Kier alpha value is -0.880. The molecule has 6 heteroatoms. The van der Waals surface area contributed by atoms with Crippen LogP contribution in [-0.2, 0) is 23.5 Å². The molecule has 1 N–H and O–H groups in total. The van der Waals surface area contributed by atoms with Gasteiger partial charge in [0.05, 0.1) is 17.8 Å². The third-order valence-electron chi connectivity index (χ3n) is 2.23. The van der Waals surface area contributed by atoms with Gasteiger partial charge in [-0.3, -0.25) is 0 Å². The summed E-state index contributed by atoms with van der Waals surface area (Å²) in [6.07, 6.45) is 5.83. The molecular weight excluding hydrogens is 226 g/mol. The number of aryl methyl sites for hydroxylation is 1. The SMILES string of the molecule is CCCCS(=O)(=O)NCCc1cn(C)cn1. The smallest absolute Gasteiger partial charge is 0.211 e. The average Bonchev–Trinajstić information content (AvgIpc) is 2.61. The number of nitrogens with one attached hydrogen (secondary N) is 1. The molecule has 0 spiro atoms. The quantitative estimate of drug-likeness (QED) is 0.768.